The van der Waals surface area contributed by atoms with Crippen LogP contribution in [0.1, 0.15) is 5.82 Å². The van der Waals surface area contributed by atoms with Gasteiger partial charge in [0.05, 0.1) is 23.9 Å². The molecular formula is C14H16N6. The molecule has 0 bridgehead atoms. The Morgan fingerprint density at radius 2 is 2.10 bits per heavy atom. The molecule has 2 N–H and O–H groups in total. The maximum absolute atomic E-state index is 5.67. The fourth-order valence-corrected chi connectivity index (χ4v) is 2.16. The summed E-state index contributed by atoms with van der Waals surface area (Å²) < 4.78 is 2.00. The number of nitrogen functional groups attached to an aromatic ring is 1. The second-order valence-corrected chi connectivity index (χ2v) is 4.78. The molecule has 3 rings (SSSR count). The normalized spacial score (nSPS) is 10.9. The van der Waals surface area contributed by atoms with Crippen molar-refractivity contribution in [1.29, 1.82) is 0 Å². The van der Waals surface area contributed by atoms with Crippen molar-refractivity contribution in [1.82, 2.24) is 19.5 Å². The van der Waals surface area contributed by atoms with E-state index in [1.807, 2.05) is 25.0 Å². The maximum Gasteiger partial charge on any atom is 0.149 e. The standard InChI is InChI=1S/C14H16N6/c1-19(8-14-16-6-5-13(15)18-14)10-3-4-12-11(7-10)17-9-20(12)2/h3-7,9H,8H2,1-2H3,(H2,15,16,18). The van der Waals surface area contributed by atoms with E-state index in [1.54, 1.807) is 12.3 Å². The van der Waals surface area contributed by atoms with Crippen molar-refractivity contribution in [2.75, 3.05) is 17.7 Å². The van der Waals surface area contributed by atoms with E-state index in [2.05, 4.69) is 38.1 Å². The van der Waals surface area contributed by atoms with E-state index >= 15 is 0 Å². The molecule has 2 heterocycles. The highest BCUT2D eigenvalue weighted by Gasteiger charge is 2.07. The molecule has 0 aliphatic rings. The Balaban J connectivity index is 1.86. The summed E-state index contributed by atoms with van der Waals surface area (Å²) in [6.07, 6.45) is 3.49. The number of hydrogen-bond acceptors (Lipinski definition) is 5. The number of nitrogens with two attached hydrogens (primary N) is 1. The largest absolute Gasteiger partial charge is 0.384 e. The second kappa shape index (κ2) is 4.80. The van der Waals surface area contributed by atoms with Crippen LogP contribution in [0.3, 0.4) is 0 Å². The average Bonchev–Trinajstić information content (AvgIpc) is 2.80. The minimum atomic E-state index is 0.489. The summed E-state index contributed by atoms with van der Waals surface area (Å²) in [5, 5.41) is 0. The van der Waals surface area contributed by atoms with Gasteiger partial charge in [0.1, 0.15) is 11.6 Å². The molecule has 0 amide bonds. The first-order valence-corrected chi connectivity index (χ1v) is 6.33. The molecule has 0 radical (unpaired) electrons. The smallest absolute Gasteiger partial charge is 0.149 e. The van der Waals surface area contributed by atoms with Gasteiger partial charge in [-0.3, -0.25) is 0 Å². The summed E-state index contributed by atoms with van der Waals surface area (Å²) in [5.74, 6) is 1.19. The summed E-state index contributed by atoms with van der Waals surface area (Å²) >= 11 is 0. The molecule has 6 nitrogen and oxygen atoms in total. The van der Waals surface area contributed by atoms with Gasteiger partial charge in [-0.15, -0.1) is 0 Å². The van der Waals surface area contributed by atoms with E-state index in [1.165, 1.54) is 0 Å². The predicted octanol–water partition coefficient (Wildman–Crippen LogP) is 1.58. The number of rotatable bonds is 3. The second-order valence-electron chi connectivity index (χ2n) is 4.78. The van der Waals surface area contributed by atoms with Crippen molar-refractivity contribution >= 4 is 22.5 Å². The lowest BCUT2D eigenvalue weighted by molar-refractivity contribution is 0.841. The maximum atomic E-state index is 5.67. The minimum Gasteiger partial charge on any atom is -0.384 e. The summed E-state index contributed by atoms with van der Waals surface area (Å²) in [6, 6.07) is 7.87. The Bertz CT molecular complexity index is 748. The number of hydrogen-bond donors (Lipinski definition) is 1. The number of nitrogens with zero attached hydrogens (tertiary/aromatic N) is 5. The van der Waals surface area contributed by atoms with Crippen molar-refractivity contribution in [3.8, 4) is 0 Å². The molecule has 0 atom stereocenters. The van der Waals surface area contributed by atoms with Gasteiger partial charge in [0.25, 0.3) is 0 Å². The highest BCUT2D eigenvalue weighted by Crippen LogP contribution is 2.20. The van der Waals surface area contributed by atoms with Gasteiger partial charge >= 0.3 is 0 Å². The number of aryl methyl sites for hydroxylation is 1. The van der Waals surface area contributed by atoms with Crippen LogP contribution in [0.2, 0.25) is 0 Å². The predicted molar refractivity (Wildman–Crippen MR) is 79.3 cm³/mol. The molecule has 0 aliphatic carbocycles. The number of fused-ring (bicyclic) bond motifs is 1. The molecule has 0 saturated heterocycles. The van der Waals surface area contributed by atoms with E-state index in [0.717, 1.165) is 16.7 Å². The van der Waals surface area contributed by atoms with Gasteiger partial charge in [-0.25, -0.2) is 15.0 Å². The van der Waals surface area contributed by atoms with Crippen molar-refractivity contribution in [3.05, 3.63) is 42.6 Å². The molecule has 6 heteroatoms. The molecule has 1 aromatic carbocycles. The third-order valence-electron chi connectivity index (χ3n) is 3.26. The molecule has 102 valence electrons. The highest BCUT2D eigenvalue weighted by molar-refractivity contribution is 5.79. The average molecular weight is 268 g/mol. The number of anilines is 2. The molecule has 0 saturated carbocycles. The zero-order chi connectivity index (χ0) is 14.1. The first-order chi connectivity index (χ1) is 9.63. The van der Waals surface area contributed by atoms with Gasteiger partial charge in [0.2, 0.25) is 0 Å². The van der Waals surface area contributed by atoms with E-state index in [9.17, 15) is 0 Å². The molecule has 2 aromatic heterocycles. The van der Waals surface area contributed by atoms with Gasteiger partial charge in [0, 0.05) is 26.0 Å². The molecule has 0 aliphatic heterocycles. The van der Waals surface area contributed by atoms with Crippen LogP contribution in [0.5, 0.6) is 0 Å². The van der Waals surface area contributed by atoms with Crippen molar-refractivity contribution < 1.29 is 0 Å². The van der Waals surface area contributed by atoms with Crippen LogP contribution in [-0.2, 0) is 13.6 Å². The zero-order valence-electron chi connectivity index (χ0n) is 11.5. The third-order valence-corrected chi connectivity index (χ3v) is 3.26. The third kappa shape index (κ3) is 2.27. The Morgan fingerprint density at radius 3 is 2.90 bits per heavy atom. The lowest BCUT2D eigenvalue weighted by Gasteiger charge is -2.18. The SMILES string of the molecule is CN(Cc1nccc(N)n1)c1ccc2c(c1)ncn2C. The van der Waals surface area contributed by atoms with E-state index in [4.69, 9.17) is 5.73 Å². The lowest BCUT2D eigenvalue weighted by atomic mass is 10.2. The van der Waals surface area contributed by atoms with Crippen molar-refractivity contribution in [2.24, 2.45) is 7.05 Å². The summed E-state index contributed by atoms with van der Waals surface area (Å²) in [5.41, 5.74) is 8.83. The van der Waals surface area contributed by atoms with Crippen LogP contribution in [0, 0.1) is 0 Å². The summed E-state index contributed by atoms with van der Waals surface area (Å²) in [6.45, 7) is 0.601. The number of imidazole rings is 1. The number of benzene rings is 1. The Kier molecular flexibility index (Phi) is 2.98. The molecule has 0 fully saturated rings. The minimum absolute atomic E-state index is 0.489. The molecule has 20 heavy (non-hydrogen) atoms. The van der Waals surface area contributed by atoms with Crippen LogP contribution in [-0.4, -0.2) is 26.6 Å². The molecule has 0 spiro atoms. The fourth-order valence-electron chi connectivity index (χ4n) is 2.16. The Hall–Kier alpha value is -2.63. The van der Waals surface area contributed by atoms with E-state index in [0.29, 0.717) is 18.2 Å². The topological polar surface area (TPSA) is 72.9 Å². The summed E-state index contributed by atoms with van der Waals surface area (Å²) in [7, 11) is 3.98. The van der Waals surface area contributed by atoms with E-state index < -0.39 is 0 Å². The molecule has 0 unspecified atom stereocenters. The monoisotopic (exact) mass is 268 g/mol. The first kappa shape index (κ1) is 12.4. The van der Waals surface area contributed by atoms with Crippen molar-refractivity contribution in [2.45, 2.75) is 6.54 Å². The van der Waals surface area contributed by atoms with Crippen molar-refractivity contribution in [3.63, 3.8) is 0 Å². The Labute approximate surface area is 116 Å². The molecular weight excluding hydrogens is 252 g/mol. The zero-order valence-corrected chi connectivity index (χ0v) is 11.5. The van der Waals surface area contributed by atoms with Crippen LogP contribution in [0.25, 0.3) is 11.0 Å². The Morgan fingerprint density at radius 1 is 1.25 bits per heavy atom. The first-order valence-electron chi connectivity index (χ1n) is 6.33. The van der Waals surface area contributed by atoms with Gasteiger partial charge in [0.15, 0.2) is 0 Å². The quantitative estimate of drug-likeness (QED) is 0.780. The van der Waals surface area contributed by atoms with Crippen LogP contribution >= 0.6 is 0 Å². The van der Waals surface area contributed by atoms with Crippen LogP contribution in [0.15, 0.2) is 36.8 Å². The van der Waals surface area contributed by atoms with Crippen LogP contribution in [0.4, 0.5) is 11.5 Å². The van der Waals surface area contributed by atoms with E-state index in [-0.39, 0.29) is 0 Å². The summed E-state index contributed by atoms with van der Waals surface area (Å²) in [4.78, 5) is 14.9. The van der Waals surface area contributed by atoms with Crippen LogP contribution < -0.4 is 10.6 Å². The highest BCUT2D eigenvalue weighted by atomic mass is 15.1. The molecule has 3 aromatic rings. The number of aromatic nitrogens is 4. The lowest BCUT2D eigenvalue weighted by Crippen LogP contribution is -2.18. The fraction of sp³-hybridized carbons (Fsp3) is 0.214. The van der Waals surface area contributed by atoms with Gasteiger partial charge in [-0.1, -0.05) is 0 Å². The van der Waals surface area contributed by atoms with Gasteiger partial charge in [-0.05, 0) is 24.3 Å². The van der Waals surface area contributed by atoms with Gasteiger partial charge in [-0.2, -0.15) is 0 Å². The van der Waals surface area contributed by atoms with Gasteiger partial charge < -0.3 is 15.2 Å².